The molecule has 0 aliphatic rings. The van der Waals surface area contributed by atoms with Gasteiger partial charge in [0.05, 0.1) is 40.6 Å². The number of hydrogen-bond donors (Lipinski definition) is 6. The standard InChI is InChI=1S/C67H78F2N16O16/c1-11-65(3,4)35-96-63(90)78-53(70)39-15-19-41(20-16-39)76-51(45-31-43(92-9)33-47(49(45)68)94-29-27-86)55-80-61(84(82-55)59-72-23-13-24-73-59)100-37-98-57(88)67(7,8)58(89)99-38-101-62-81-56(83-85(62)60-74-25-14-26-75-60)52(46-32-44(93-10)34-48(50(46)69)95-30-28-87)77-42-21-17-40(18-22-42)54(71)79-64(91)97-36-66(5,6)12-2/h13-26,31-34,51-52,76-77,86-87H,11-12,27-30,35-38H2,1-10H3,(H2,70,78,90)(H2,71,79,91). The lowest BCUT2D eigenvalue weighted by Crippen LogP contribution is -2.38. The van der Waals surface area contributed by atoms with E-state index in [1.165, 1.54) is 89.3 Å². The molecule has 8 N–H and O–H groups in total. The van der Waals surface area contributed by atoms with Crippen LogP contribution in [-0.4, -0.2) is 163 Å². The van der Waals surface area contributed by atoms with Crippen LogP contribution in [-0.2, 0) is 28.5 Å². The Morgan fingerprint density at radius 1 is 0.554 bits per heavy atom. The van der Waals surface area contributed by atoms with Crippen LogP contribution in [0.5, 0.6) is 35.0 Å². The van der Waals surface area contributed by atoms with Crippen molar-refractivity contribution in [2.24, 2.45) is 37.7 Å². The Balaban J connectivity index is 1.03. The highest BCUT2D eigenvalue weighted by molar-refractivity contribution is 6.03. The monoisotopic (exact) mass is 1400 g/mol. The van der Waals surface area contributed by atoms with Gasteiger partial charge in [0, 0.05) is 70.5 Å². The number of rotatable bonds is 34. The van der Waals surface area contributed by atoms with Gasteiger partial charge in [0.15, 0.2) is 40.2 Å². The van der Waals surface area contributed by atoms with Crippen molar-refractivity contribution in [3.8, 4) is 46.9 Å². The van der Waals surface area contributed by atoms with E-state index in [1.54, 1.807) is 48.5 Å². The molecule has 8 aromatic rings. The molecule has 0 saturated carbocycles. The topological polar surface area (TPSA) is 415 Å². The number of nitrogens with zero attached hydrogens (tertiary/aromatic N) is 12. The number of benzene rings is 4. The number of aromatic nitrogens is 10. The van der Waals surface area contributed by atoms with E-state index in [-0.39, 0.29) is 107 Å². The molecule has 0 radical (unpaired) electrons. The number of methoxy groups -OCH3 is 2. The van der Waals surface area contributed by atoms with Crippen LogP contribution in [0.1, 0.15) is 114 Å². The lowest BCUT2D eigenvalue weighted by Gasteiger charge is -2.21. The summed E-state index contributed by atoms with van der Waals surface area (Å²) in [5.74, 6) is -5.28. The number of aliphatic hydroxyl groups excluding tert-OH is 2. The predicted molar refractivity (Wildman–Crippen MR) is 358 cm³/mol. The van der Waals surface area contributed by atoms with Crippen LogP contribution in [0, 0.1) is 27.9 Å². The van der Waals surface area contributed by atoms with Gasteiger partial charge in [-0.3, -0.25) is 9.59 Å². The molecule has 0 aliphatic carbocycles. The Morgan fingerprint density at radius 3 is 1.26 bits per heavy atom. The Labute approximate surface area is 578 Å². The number of ether oxygens (including phenoxy) is 10. The molecule has 0 bridgehead atoms. The largest absolute Gasteiger partial charge is 0.497 e. The number of halogens is 2. The van der Waals surface area contributed by atoms with Gasteiger partial charge in [-0.05, 0) is 110 Å². The summed E-state index contributed by atoms with van der Waals surface area (Å²) in [5, 5.41) is 34.8. The maximum Gasteiger partial charge on any atom is 0.435 e. The number of amidine groups is 2. The fourth-order valence-corrected chi connectivity index (χ4v) is 8.68. The van der Waals surface area contributed by atoms with E-state index in [2.05, 4.69) is 60.7 Å². The van der Waals surface area contributed by atoms with Gasteiger partial charge in [-0.2, -0.15) is 20.0 Å². The summed E-state index contributed by atoms with van der Waals surface area (Å²) < 4.78 is 91.4. The third-order valence-corrected chi connectivity index (χ3v) is 15.3. The number of nitrogens with two attached hydrogens (primary N) is 2. The molecule has 34 heteroatoms. The van der Waals surface area contributed by atoms with Gasteiger partial charge in [0.2, 0.25) is 13.6 Å². The summed E-state index contributed by atoms with van der Waals surface area (Å²) in [7, 11) is 2.71. The molecule has 101 heavy (non-hydrogen) atoms. The zero-order valence-corrected chi connectivity index (χ0v) is 57.0. The first-order valence-corrected chi connectivity index (χ1v) is 31.4. The molecule has 8 rings (SSSR count). The Hall–Kier alpha value is -11.7. The number of nitrogens with one attached hydrogen (secondary N) is 2. The number of anilines is 2. The molecular formula is C67H78F2N16O16. The van der Waals surface area contributed by atoms with E-state index in [0.717, 1.165) is 22.2 Å². The quantitative estimate of drug-likeness (QED) is 0.00557. The molecule has 4 aromatic carbocycles. The van der Waals surface area contributed by atoms with Crippen LogP contribution in [0.2, 0.25) is 0 Å². The molecule has 32 nitrogen and oxygen atoms in total. The normalized spacial score (nSPS) is 12.5. The Morgan fingerprint density at radius 2 is 0.921 bits per heavy atom. The molecule has 0 spiro atoms. The molecule has 0 saturated heterocycles. The van der Waals surface area contributed by atoms with Crippen LogP contribution in [0.15, 0.2) is 120 Å². The number of carbonyl (C=O) groups is 4. The summed E-state index contributed by atoms with van der Waals surface area (Å²) in [4.78, 5) is 87.1. The molecule has 2 unspecified atom stereocenters. The van der Waals surface area contributed by atoms with Crippen molar-refractivity contribution >= 4 is 47.2 Å². The third-order valence-electron chi connectivity index (χ3n) is 15.3. The van der Waals surface area contributed by atoms with Crippen LogP contribution in [0.4, 0.5) is 29.7 Å². The molecular weight excluding hydrogens is 1320 g/mol. The second-order valence-electron chi connectivity index (χ2n) is 24.1. The van der Waals surface area contributed by atoms with E-state index in [0.29, 0.717) is 22.5 Å². The van der Waals surface area contributed by atoms with Gasteiger partial charge in [-0.15, -0.1) is 19.6 Å². The van der Waals surface area contributed by atoms with E-state index in [1.807, 2.05) is 41.5 Å². The van der Waals surface area contributed by atoms with Gasteiger partial charge >= 0.3 is 36.1 Å². The van der Waals surface area contributed by atoms with Crippen LogP contribution in [0.25, 0.3) is 11.9 Å². The lowest BCUT2D eigenvalue weighted by atomic mass is 9.92. The van der Waals surface area contributed by atoms with Gasteiger partial charge in [0.25, 0.3) is 11.9 Å². The van der Waals surface area contributed by atoms with Crippen LogP contribution >= 0.6 is 0 Å². The second-order valence-corrected chi connectivity index (χ2v) is 24.1. The first-order chi connectivity index (χ1) is 48.3. The lowest BCUT2D eigenvalue weighted by molar-refractivity contribution is -0.177. The van der Waals surface area contributed by atoms with Gasteiger partial charge in [-0.25, -0.2) is 38.3 Å². The van der Waals surface area contributed by atoms with Crippen molar-refractivity contribution in [3.05, 3.63) is 155 Å². The van der Waals surface area contributed by atoms with Crippen molar-refractivity contribution in [1.82, 2.24) is 49.5 Å². The maximum atomic E-state index is 16.8. The first-order valence-electron chi connectivity index (χ1n) is 31.4. The number of aliphatic imine (C=N–C) groups is 2. The molecule has 536 valence electrons. The zero-order valence-electron chi connectivity index (χ0n) is 57.0. The van der Waals surface area contributed by atoms with E-state index < -0.39 is 92.1 Å². The molecule has 0 aliphatic heterocycles. The predicted octanol–water partition coefficient (Wildman–Crippen LogP) is 7.91. The highest BCUT2D eigenvalue weighted by atomic mass is 19.1. The number of carbonyl (C=O) groups excluding carboxylic acids is 4. The fourth-order valence-electron chi connectivity index (χ4n) is 8.68. The Bertz CT molecular complexity index is 3940. The van der Waals surface area contributed by atoms with E-state index in [4.69, 9.17) is 58.8 Å². The molecule has 4 heterocycles. The average Bonchev–Trinajstić information content (AvgIpc) is 1.72. The summed E-state index contributed by atoms with van der Waals surface area (Å²) in [6, 6.07) is 17.4. The summed E-state index contributed by atoms with van der Waals surface area (Å²) in [5.41, 5.74) is 10.9. The van der Waals surface area contributed by atoms with Gasteiger partial charge < -0.3 is 79.7 Å². The summed E-state index contributed by atoms with van der Waals surface area (Å²) in [6.07, 6.45) is 5.35. The number of esters is 2. The highest BCUT2D eigenvalue weighted by Crippen LogP contribution is 2.39. The maximum absolute atomic E-state index is 16.8. The molecule has 0 fully saturated rings. The van der Waals surface area contributed by atoms with Crippen molar-refractivity contribution in [2.45, 2.75) is 80.3 Å². The zero-order chi connectivity index (χ0) is 73.0. The summed E-state index contributed by atoms with van der Waals surface area (Å²) in [6.45, 7) is 11.1. The summed E-state index contributed by atoms with van der Waals surface area (Å²) >= 11 is 0. The SMILES string of the molecule is CCC(C)(C)COC(=O)N=C(N)c1ccc(NC(c2nc(OCOC(=O)C(C)(C)C(=O)OCOc3nc(C(Nc4ccc(C(N)=NC(=O)OCC(C)(C)CC)cc4)c4cc(OC)cc(OCCO)c4F)nn3-c3ncccn3)n(-c3ncccn3)n2)c2cc(OC)cc(OCCO)c2F)cc1. The van der Waals surface area contributed by atoms with Crippen molar-refractivity contribution < 1.29 is 85.5 Å². The smallest absolute Gasteiger partial charge is 0.435 e. The van der Waals surface area contributed by atoms with E-state index in [9.17, 15) is 29.4 Å². The molecule has 4 aromatic heterocycles. The number of hydrogen-bond acceptors (Lipinski definition) is 26. The molecule has 2 atom stereocenters. The molecule has 2 amide bonds. The second kappa shape index (κ2) is 34.2. The van der Waals surface area contributed by atoms with Gasteiger partial charge in [-0.1, -0.05) is 41.5 Å². The highest BCUT2D eigenvalue weighted by Gasteiger charge is 2.41. The van der Waals surface area contributed by atoms with E-state index >= 15 is 8.78 Å². The minimum atomic E-state index is -2.08. The fraction of sp³-hybridized carbons (Fsp3) is 0.373. The van der Waals surface area contributed by atoms with Crippen molar-refractivity contribution in [1.29, 1.82) is 0 Å². The average molecular weight is 1400 g/mol. The number of amides is 2. The Kier molecular flexibility index (Phi) is 25.4. The minimum absolute atomic E-state index is 0.102. The minimum Gasteiger partial charge on any atom is -0.497 e. The number of aliphatic hydroxyl groups is 2. The van der Waals surface area contributed by atoms with Gasteiger partial charge in [0.1, 0.15) is 48.5 Å². The third kappa shape index (κ3) is 19.8. The van der Waals surface area contributed by atoms with Crippen molar-refractivity contribution in [3.63, 3.8) is 0 Å². The van der Waals surface area contributed by atoms with Crippen LogP contribution < -0.4 is 50.5 Å². The van der Waals surface area contributed by atoms with Crippen molar-refractivity contribution in [2.75, 3.05) is 78.1 Å². The van der Waals surface area contributed by atoms with Crippen LogP contribution in [0.3, 0.4) is 0 Å². The first kappa shape index (κ1) is 75.1.